The molecule has 9 aromatic rings. The van der Waals surface area contributed by atoms with E-state index in [1.807, 2.05) is 113 Å². The van der Waals surface area contributed by atoms with Gasteiger partial charge in [-0.15, -0.1) is 0 Å². The average Bonchev–Trinajstić information content (AvgIpc) is 1.69. The van der Waals surface area contributed by atoms with Gasteiger partial charge in [-0.05, 0) is 143 Å². The molecule has 0 saturated carbocycles. The van der Waals surface area contributed by atoms with Crippen molar-refractivity contribution in [2.45, 2.75) is 86.5 Å². The van der Waals surface area contributed by atoms with E-state index in [1.165, 1.54) is 7.11 Å². The first kappa shape index (κ1) is 61.7. The molecule has 0 radical (unpaired) electrons. The van der Waals surface area contributed by atoms with Crippen LogP contribution in [0, 0.1) is 27.7 Å². The molecule has 456 valence electrons. The van der Waals surface area contributed by atoms with Gasteiger partial charge in [0.05, 0.1) is 131 Å². The number of nitrogens with zero attached hydrogens (tertiary/aromatic N) is 11. The van der Waals surface area contributed by atoms with Crippen molar-refractivity contribution in [1.82, 2.24) is 39.9 Å². The van der Waals surface area contributed by atoms with E-state index in [4.69, 9.17) is 43.4 Å². The zero-order valence-corrected chi connectivity index (χ0v) is 52.2. The zero-order chi connectivity index (χ0) is 63.6. The summed E-state index contributed by atoms with van der Waals surface area (Å²) in [5.74, 6) is 2.99. The molecule has 0 aliphatic carbocycles. The maximum atomic E-state index is 13.1. The van der Waals surface area contributed by atoms with Gasteiger partial charge in [0.25, 0.3) is 35.4 Å². The van der Waals surface area contributed by atoms with Crippen LogP contribution in [0.1, 0.15) is 115 Å². The van der Waals surface area contributed by atoms with Crippen LogP contribution in [-0.2, 0) is 25.2 Å². The van der Waals surface area contributed by atoms with Crippen LogP contribution in [0.5, 0.6) is 34.9 Å². The van der Waals surface area contributed by atoms with Gasteiger partial charge in [-0.2, -0.15) is 0 Å². The molecule has 8 aromatic heterocycles. The number of benzene rings is 1. The van der Waals surface area contributed by atoms with E-state index >= 15 is 0 Å². The largest absolute Gasteiger partial charge is 0.491 e. The Morgan fingerprint density at radius 3 is 1.17 bits per heavy atom. The SMILES string of the molecule is COc1cc(-c2cc(C)c3c(n2)CN(c2ccc(C(C)(C)O)cc2)C3=O)cnc1OC.COc1cc(-c2cc(C)c3c(n2)CN(c2ccc(C(C)C)nc2)C3=O)cnc1OC.COc1cc(-c2cc(C)c3c(n2)CN(c2ccnc(C)c2)C3=O)cnc1OC. The predicted octanol–water partition coefficient (Wildman–Crippen LogP) is 11.3. The van der Waals surface area contributed by atoms with Gasteiger partial charge in [0.15, 0.2) is 17.2 Å². The van der Waals surface area contributed by atoms with Crippen molar-refractivity contribution in [1.29, 1.82) is 0 Å². The molecule has 0 saturated heterocycles. The Morgan fingerprint density at radius 1 is 0.449 bits per heavy atom. The van der Waals surface area contributed by atoms with Crippen LogP contribution in [0.15, 0.2) is 116 Å². The number of methoxy groups -OCH3 is 6. The highest BCUT2D eigenvalue weighted by Gasteiger charge is 2.35. The number of hydrogen-bond donors (Lipinski definition) is 1. The molecular weight excluding hydrogens is 1130 g/mol. The molecule has 21 nitrogen and oxygen atoms in total. The maximum absolute atomic E-state index is 13.1. The van der Waals surface area contributed by atoms with Crippen LogP contribution in [0.25, 0.3) is 33.8 Å². The molecular formula is C68H69N11O10. The Hall–Kier alpha value is -10.4. The van der Waals surface area contributed by atoms with Crippen molar-refractivity contribution < 1.29 is 47.9 Å². The monoisotopic (exact) mass is 1200 g/mol. The second kappa shape index (κ2) is 25.5. The molecule has 89 heavy (non-hydrogen) atoms. The van der Waals surface area contributed by atoms with Gasteiger partial charge in [-0.25, -0.2) is 15.0 Å². The summed E-state index contributed by atoms with van der Waals surface area (Å²) in [7, 11) is 9.33. The molecule has 3 amide bonds. The number of aromatic nitrogens is 8. The minimum absolute atomic E-state index is 0.0393. The maximum Gasteiger partial charge on any atom is 0.260 e. The first-order chi connectivity index (χ1) is 42.7. The normalized spacial score (nSPS) is 13.1. The fourth-order valence-corrected chi connectivity index (χ4v) is 10.8. The van der Waals surface area contributed by atoms with Crippen molar-refractivity contribution in [3.05, 3.63) is 183 Å². The summed E-state index contributed by atoms with van der Waals surface area (Å²) < 4.78 is 31.7. The second-order valence-corrected chi connectivity index (χ2v) is 22.3. The minimum Gasteiger partial charge on any atom is -0.491 e. The molecule has 0 bridgehead atoms. The van der Waals surface area contributed by atoms with E-state index in [0.29, 0.717) is 77.1 Å². The number of aryl methyl sites for hydroxylation is 4. The third kappa shape index (κ3) is 12.5. The summed E-state index contributed by atoms with van der Waals surface area (Å²) in [6.45, 7) is 16.5. The Bertz CT molecular complexity index is 4190. The fraction of sp³-hybridized carbons (Fsp3) is 0.279. The van der Waals surface area contributed by atoms with Crippen LogP contribution < -0.4 is 43.1 Å². The van der Waals surface area contributed by atoms with E-state index in [1.54, 1.807) is 95.1 Å². The lowest BCUT2D eigenvalue weighted by molar-refractivity contribution is 0.0786. The first-order valence-electron chi connectivity index (χ1n) is 28.6. The fourth-order valence-electron chi connectivity index (χ4n) is 10.8. The van der Waals surface area contributed by atoms with Gasteiger partial charge >= 0.3 is 0 Å². The summed E-state index contributed by atoms with van der Waals surface area (Å²) in [6.07, 6.45) is 8.53. The smallest absolute Gasteiger partial charge is 0.260 e. The van der Waals surface area contributed by atoms with Gasteiger partial charge in [0, 0.05) is 64.2 Å². The predicted molar refractivity (Wildman–Crippen MR) is 336 cm³/mol. The molecule has 3 aliphatic rings. The van der Waals surface area contributed by atoms with Gasteiger partial charge in [0.1, 0.15) is 0 Å². The third-order valence-corrected chi connectivity index (χ3v) is 15.5. The molecule has 3 aliphatic heterocycles. The van der Waals surface area contributed by atoms with Crippen molar-refractivity contribution in [2.75, 3.05) is 57.4 Å². The van der Waals surface area contributed by atoms with Crippen molar-refractivity contribution in [2.24, 2.45) is 0 Å². The summed E-state index contributed by atoms with van der Waals surface area (Å²) in [4.78, 5) is 80.2. The number of carbonyl (C=O) groups is 3. The highest BCUT2D eigenvalue weighted by molar-refractivity contribution is 6.12. The number of rotatable bonds is 14. The van der Waals surface area contributed by atoms with Crippen LogP contribution in [0.2, 0.25) is 0 Å². The van der Waals surface area contributed by atoms with Gasteiger partial charge < -0.3 is 48.2 Å². The molecule has 0 fully saturated rings. The number of fused-ring (bicyclic) bond motifs is 3. The molecule has 0 unspecified atom stereocenters. The Labute approximate surface area is 516 Å². The molecule has 1 aromatic carbocycles. The molecule has 12 rings (SSSR count). The Morgan fingerprint density at radius 2 is 0.831 bits per heavy atom. The number of amides is 3. The molecule has 0 spiro atoms. The number of carbonyl (C=O) groups excluding carboxylic acids is 3. The average molecular weight is 1200 g/mol. The van der Waals surface area contributed by atoms with Crippen LogP contribution in [0.3, 0.4) is 0 Å². The standard InChI is InChI=1S/C24H25N3O4.C23H24N4O3.C21H20N4O3/c1-14-10-18(15-11-20(30-4)22(31-5)25-12-15)26-19-13-27(23(28)21(14)19)17-8-6-16(7-9-17)24(2,3)29;1-13(2)17-7-6-16(11-24-17)27-12-19-21(23(27)28)14(3)8-18(26-19)15-9-20(29-4)22(30-5)25-10-15;1-12-7-16(14-9-18(27-3)20(28-4)23-10-14)24-17-11-25(21(26)19(12)17)15-5-6-22-13(2)8-15/h6-12,29H,13H2,1-5H3;6-11,13H,12H2,1-5H3;5-10H,11H2,1-4H3. The second-order valence-electron chi connectivity index (χ2n) is 22.3. The number of aliphatic hydroxyl groups is 1. The van der Waals surface area contributed by atoms with E-state index < -0.39 is 5.60 Å². The van der Waals surface area contributed by atoms with Crippen molar-refractivity contribution >= 4 is 34.8 Å². The quantitative estimate of drug-likeness (QED) is 0.106. The van der Waals surface area contributed by atoms with E-state index in [0.717, 1.165) is 102 Å². The topological polar surface area (TPSA) is 240 Å². The molecule has 0 atom stereocenters. The number of pyridine rings is 8. The van der Waals surface area contributed by atoms with E-state index in [2.05, 4.69) is 38.8 Å². The lowest BCUT2D eigenvalue weighted by atomic mass is 9.98. The van der Waals surface area contributed by atoms with Gasteiger partial charge in [0.2, 0.25) is 0 Å². The van der Waals surface area contributed by atoms with Crippen molar-refractivity contribution in [3.63, 3.8) is 0 Å². The summed E-state index contributed by atoms with van der Waals surface area (Å²) in [6, 6.07) is 26.2. The van der Waals surface area contributed by atoms with Crippen LogP contribution in [-0.4, -0.2) is 105 Å². The van der Waals surface area contributed by atoms with Crippen LogP contribution in [0.4, 0.5) is 17.1 Å². The molecule has 1 N–H and O–H groups in total. The molecule has 11 heterocycles. The Balaban J connectivity index is 0.000000147. The lowest BCUT2D eigenvalue weighted by Crippen LogP contribution is -2.23. The minimum atomic E-state index is -0.934. The van der Waals surface area contributed by atoms with E-state index in [-0.39, 0.29) is 17.7 Å². The number of ether oxygens (including phenoxy) is 6. The van der Waals surface area contributed by atoms with Crippen molar-refractivity contribution in [3.8, 4) is 68.7 Å². The third-order valence-electron chi connectivity index (χ3n) is 15.5. The number of anilines is 3. The van der Waals surface area contributed by atoms with Gasteiger partial charge in [-0.1, -0.05) is 26.0 Å². The Kier molecular flexibility index (Phi) is 17.7. The highest BCUT2D eigenvalue weighted by Crippen LogP contribution is 2.39. The summed E-state index contributed by atoms with van der Waals surface area (Å²) >= 11 is 0. The summed E-state index contributed by atoms with van der Waals surface area (Å²) in [5.41, 5.74) is 15.4. The lowest BCUT2D eigenvalue weighted by Gasteiger charge is -2.20. The highest BCUT2D eigenvalue weighted by atomic mass is 16.5. The zero-order valence-electron chi connectivity index (χ0n) is 52.2. The first-order valence-corrected chi connectivity index (χ1v) is 28.6. The molecule has 21 heteroatoms. The van der Waals surface area contributed by atoms with Crippen LogP contribution >= 0.6 is 0 Å². The van der Waals surface area contributed by atoms with Gasteiger partial charge in [-0.3, -0.25) is 39.3 Å². The van der Waals surface area contributed by atoms with E-state index in [9.17, 15) is 19.5 Å². The summed E-state index contributed by atoms with van der Waals surface area (Å²) in [5, 5.41) is 10.2. The number of hydrogen-bond acceptors (Lipinski definition) is 18.